The van der Waals surface area contributed by atoms with Crippen LogP contribution in [0.2, 0.25) is 4.34 Å². The number of nitrogens with zero attached hydrogens (tertiary/aromatic N) is 1. The Bertz CT molecular complexity index is 349. The van der Waals surface area contributed by atoms with Crippen LogP contribution in [0.5, 0.6) is 0 Å². The van der Waals surface area contributed by atoms with Crippen molar-refractivity contribution < 1.29 is 4.74 Å². The molecule has 0 saturated carbocycles. The highest BCUT2D eigenvalue weighted by molar-refractivity contribution is 9.10. The highest BCUT2D eigenvalue weighted by Gasteiger charge is 2.16. The number of halogens is 2. The second kappa shape index (κ2) is 6.50. The summed E-state index contributed by atoms with van der Waals surface area (Å²) in [7, 11) is 2.11. The van der Waals surface area contributed by atoms with Crippen LogP contribution in [0.3, 0.4) is 0 Å². The van der Waals surface area contributed by atoms with E-state index in [0.717, 1.165) is 41.6 Å². The average Bonchev–Trinajstić information content (AvgIpc) is 2.59. The number of thiophene rings is 1. The fraction of sp³-hybridized carbons (Fsp3) is 0.636. The van der Waals surface area contributed by atoms with Gasteiger partial charge in [-0.15, -0.1) is 11.3 Å². The van der Waals surface area contributed by atoms with E-state index in [0.29, 0.717) is 6.10 Å². The van der Waals surface area contributed by atoms with E-state index < -0.39 is 0 Å². The average molecular weight is 340 g/mol. The number of rotatable bonds is 4. The Kier molecular flexibility index (Phi) is 5.26. The van der Waals surface area contributed by atoms with Crippen molar-refractivity contribution >= 4 is 38.9 Å². The Morgan fingerprint density at radius 2 is 2.53 bits per heavy atom. The molecule has 0 aromatic carbocycles. The molecule has 1 unspecified atom stereocenters. The van der Waals surface area contributed by atoms with Gasteiger partial charge in [0.05, 0.1) is 12.7 Å². The van der Waals surface area contributed by atoms with E-state index in [4.69, 9.17) is 16.3 Å². The van der Waals surface area contributed by atoms with Crippen molar-refractivity contribution in [3.63, 3.8) is 0 Å². The molecule has 3 nitrogen and oxygen atoms in total. The molecule has 2 rings (SSSR count). The van der Waals surface area contributed by atoms with Crippen molar-refractivity contribution in [3.05, 3.63) is 19.8 Å². The smallest absolute Gasteiger partial charge is 0.107 e. The first-order chi connectivity index (χ1) is 8.15. The zero-order chi connectivity index (χ0) is 12.3. The molecular formula is C11H16BrClN2OS. The summed E-state index contributed by atoms with van der Waals surface area (Å²) >= 11 is 11.1. The molecule has 0 amide bonds. The van der Waals surface area contributed by atoms with Gasteiger partial charge >= 0.3 is 0 Å². The molecule has 2 heterocycles. The second-order valence-corrected chi connectivity index (χ2v) is 6.82. The summed E-state index contributed by atoms with van der Waals surface area (Å²) < 4.78 is 7.49. The van der Waals surface area contributed by atoms with E-state index in [1.165, 1.54) is 4.88 Å². The van der Waals surface area contributed by atoms with Gasteiger partial charge in [-0.1, -0.05) is 11.6 Å². The van der Waals surface area contributed by atoms with Crippen LogP contribution in [0.15, 0.2) is 10.5 Å². The zero-order valence-electron chi connectivity index (χ0n) is 9.71. The van der Waals surface area contributed by atoms with Crippen molar-refractivity contribution in [2.24, 2.45) is 0 Å². The van der Waals surface area contributed by atoms with Gasteiger partial charge in [0.25, 0.3) is 0 Å². The van der Waals surface area contributed by atoms with E-state index >= 15 is 0 Å². The molecule has 96 valence electrons. The number of likely N-dealkylation sites (N-methyl/N-ethyl adjacent to an activating group) is 1. The number of ether oxygens (including phenoxy) is 1. The van der Waals surface area contributed by atoms with Crippen molar-refractivity contribution in [2.45, 2.75) is 12.6 Å². The molecule has 1 saturated heterocycles. The lowest BCUT2D eigenvalue weighted by molar-refractivity contribution is 0.00899. The molecule has 1 fully saturated rings. The minimum Gasteiger partial charge on any atom is -0.374 e. The first-order valence-electron chi connectivity index (χ1n) is 5.59. The van der Waals surface area contributed by atoms with Gasteiger partial charge in [0, 0.05) is 35.5 Å². The van der Waals surface area contributed by atoms with Crippen LogP contribution in [-0.2, 0) is 11.3 Å². The molecule has 1 aromatic rings. The third kappa shape index (κ3) is 4.19. The van der Waals surface area contributed by atoms with Crippen molar-refractivity contribution in [3.8, 4) is 0 Å². The number of hydrogen-bond acceptors (Lipinski definition) is 4. The summed E-state index contributed by atoms with van der Waals surface area (Å²) in [5, 5.41) is 3.34. The largest absolute Gasteiger partial charge is 0.374 e. The number of nitrogens with one attached hydrogen (secondary N) is 1. The monoisotopic (exact) mass is 338 g/mol. The Hall–Kier alpha value is 0.350. The van der Waals surface area contributed by atoms with Gasteiger partial charge in [-0.25, -0.2) is 0 Å². The third-order valence-corrected chi connectivity index (χ3v) is 5.10. The van der Waals surface area contributed by atoms with Gasteiger partial charge in [0.1, 0.15) is 4.34 Å². The van der Waals surface area contributed by atoms with Gasteiger partial charge in [-0.2, -0.15) is 0 Å². The quantitative estimate of drug-likeness (QED) is 0.912. The van der Waals surface area contributed by atoms with Crippen LogP contribution < -0.4 is 5.32 Å². The van der Waals surface area contributed by atoms with Gasteiger partial charge in [0.2, 0.25) is 0 Å². The van der Waals surface area contributed by atoms with Crippen molar-refractivity contribution in [1.82, 2.24) is 10.2 Å². The van der Waals surface area contributed by atoms with E-state index in [2.05, 4.69) is 39.3 Å². The topological polar surface area (TPSA) is 24.5 Å². The van der Waals surface area contributed by atoms with Gasteiger partial charge in [-0.05, 0) is 29.0 Å². The van der Waals surface area contributed by atoms with Crippen LogP contribution in [-0.4, -0.2) is 44.3 Å². The molecule has 6 heteroatoms. The lowest BCUT2D eigenvalue weighted by atomic mass is 10.3. The lowest BCUT2D eigenvalue weighted by Gasteiger charge is -2.27. The summed E-state index contributed by atoms with van der Waals surface area (Å²) in [5.41, 5.74) is 0. The molecule has 0 spiro atoms. The number of hydrogen-bond donors (Lipinski definition) is 1. The predicted octanol–water partition coefficient (Wildman–Crippen LogP) is 2.58. The van der Waals surface area contributed by atoms with Crippen molar-refractivity contribution in [2.75, 3.05) is 33.3 Å². The highest BCUT2D eigenvalue weighted by atomic mass is 79.9. The molecule has 17 heavy (non-hydrogen) atoms. The Balaban J connectivity index is 1.81. The van der Waals surface area contributed by atoms with E-state index in [-0.39, 0.29) is 0 Å². The van der Waals surface area contributed by atoms with Crippen LogP contribution in [0.4, 0.5) is 0 Å². The predicted molar refractivity (Wildman–Crippen MR) is 76.0 cm³/mol. The van der Waals surface area contributed by atoms with Crippen LogP contribution in [0.25, 0.3) is 0 Å². The van der Waals surface area contributed by atoms with Crippen molar-refractivity contribution in [1.29, 1.82) is 0 Å². The summed E-state index contributed by atoms with van der Waals surface area (Å²) in [5.74, 6) is 0. The maximum atomic E-state index is 6.02. The Morgan fingerprint density at radius 1 is 1.71 bits per heavy atom. The summed E-state index contributed by atoms with van der Waals surface area (Å²) in [6.45, 7) is 4.58. The summed E-state index contributed by atoms with van der Waals surface area (Å²) in [6, 6.07) is 2.09. The molecule has 0 aliphatic carbocycles. The normalized spacial score (nSPS) is 21.1. The minimum atomic E-state index is 0.299. The van der Waals surface area contributed by atoms with Gasteiger partial charge in [0.15, 0.2) is 0 Å². The SMILES string of the molecule is CN(Cc1cc(Br)c(Cl)s1)CC1CNCCO1. The zero-order valence-corrected chi connectivity index (χ0v) is 12.9. The maximum absolute atomic E-state index is 6.02. The first kappa shape index (κ1) is 13.8. The van der Waals surface area contributed by atoms with Gasteiger partial charge in [-0.3, -0.25) is 4.90 Å². The molecule has 0 radical (unpaired) electrons. The van der Waals surface area contributed by atoms with E-state index in [1.807, 2.05) is 0 Å². The molecule has 1 N–H and O–H groups in total. The fourth-order valence-corrected chi connectivity index (χ4v) is 3.76. The van der Waals surface area contributed by atoms with Crippen LogP contribution in [0.1, 0.15) is 4.88 Å². The van der Waals surface area contributed by atoms with Crippen LogP contribution >= 0.6 is 38.9 Å². The van der Waals surface area contributed by atoms with E-state index in [1.54, 1.807) is 11.3 Å². The minimum absolute atomic E-state index is 0.299. The molecule has 1 atom stereocenters. The molecule has 1 aromatic heterocycles. The number of morpholine rings is 1. The molecule has 1 aliphatic rings. The van der Waals surface area contributed by atoms with Gasteiger partial charge < -0.3 is 10.1 Å². The molecule has 0 bridgehead atoms. The highest BCUT2D eigenvalue weighted by Crippen LogP contribution is 2.32. The second-order valence-electron chi connectivity index (χ2n) is 4.23. The lowest BCUT2D eigenvalue weighted by Crippen LogP contribution is -2.44. The van der Waals surface area contributed by atoms with E-state index in [9.17, 15) is 0 Å². The fourth-order valence-electron chi connectivity index (χ4n) is 1.88. The molecule has 1 aliphatic heterocycles. The van der Waals surface area contributed by atoms with Crippen LogP contribution in [0, 0.1) is 0 Å². The summed E-state index contributed by atoms with van der Waals surface area (Å²) in [4.78, 5) is 3.54. The first-order valence-corrected chi connectivity index (χ1v) is 7.58. The standard InChI is InChI=1S/C11H16BrClN2OS/c1-15(6-8-5-14-2-3-16-8)7-9-4-10(12)11(13)17-9/h4,8,14H,2-3,5-7H2,1H3. The summed E-state index contributed by atoms with van der Waals surface area (Å²) in [6.07, 6.45) is 0.299. The molecular weight excluding hydrogens is 324 g/mol. The Morgan fingerprint density at radius 3 is 3.12 bits per heavy atom. The maximum Gasteiger partial charge on any atom is 0.107 e. The third-order valence-electron chi connectivity index (χ3n) is 2.64. The Labute approximate surface area is 119 Å².